The minimum atomic E-state index is -0.488. The van der Waals surface area contributed by atoms with E-state index >= 15 is 0 Å². The predicted octanol–water partition coefficient (Wildman–Crippen LogP) is 3.23. The number of alkyl carbamates (subject to hydrolysis) is 1. The molecule has 5 heteroatoms. The fourth-order valence-corrected chi connectivity index (χ4v) is 3.10. The second-order valence-corrected chi connectivity index (χ2v) is 7.80. The van der Waals surface area contributed by atoms with E-state index in [4.69, 9.17) is 4.74 Å². The molecule has 140 valence electrons. The largest absolute Gasteiger partial charge is 0.444 e. The second kappa shape index (κ2) is 9.78. The van der Waals surface area contributed by atoms with Crippen LogP contribution in [0.1, 0.15) is 51.6 Å². The lowest BCUT2D eigenvalue weighted by atomic mass is 9.98. The smallest absolute Gasteiger partial charge is 0.408 e. The van der Waals surface area contributed by atoms with E-state index in [1.807, 2.05) is 39.0 Å². The first kappa shape index (κ1) is 19.7. The van der Waals surface area contributed by atoms with Gasteiger partial charge in [0.15, 0.2) is 0 Å². The van der Waals surface area contributed by atoms with Gasteiger partial charge in [0.2, 0.25) is 0 Å². The summed E-state index contributed by atoms with van der Waals surface area (Å²) in [6.45, 7) is 9.81. The molecule has 0 aromatic heterocycles. The Morgan fingerprint density at radius 3 is 2.56 bits per heavy atom. The zero-order chi connectivity index (χ0) is 18.1. The van der Waals surface area contributed by atoms with E-state index in [-0.39, 0.29) is 12.1 Å². The summed E-state index contributed by atoms with van der Waals surface area (Å²) in [6.07, 6.45) is 2.96. The maximum Gasteiger partial charge on any atom is 0.408 e. The van der Waals surface area contributed by atoms with E-state index < -0.39 is 5.60 Å². The number of benzene rings is 1. The highest BCUT2D eigenvalue weighted by Crippen LogP contribution is 2.18. The van der Waals surface area contributed by atoms with Gasteiger partial charge in [-0.15, -0.1) is 0 Å². The highest BCUT2D eigenvalue weighted by molar-refractivity contribution is 5.68. The van der Waals surface area contributed by atoms with Gasteiger partial charge in [0.25, 0.3) is 0 Å². The Morgan fingerprint density at radius 2 is 1.92 bits per heavy atom. The van der Waals surface area contributed by atoms with Crippen molar-refractivity contribution < 1.29 is 9.53 Å². The van der Waals surface area contributed by atoms with Crippen LogP contribution in [0.5, 0.6) is 0 Å². The Hall–Kier alpha value is -1.59. The maximum absolute atomic E-state index is 12.2. The fourth-order valence-electron chi connectivity index (χ4n) is 3.10. The van der Waals surface area contributed by atoms with Crippen LogP contribution in [0.2, 0.25) is 0 Å². The Kier molecular flexibility index (Phi) is 7.72. The molecule has 3 N–H and O–H groups in total. The van der Waals surface area contributed by atoms with Crippen molar-refractivity contribution in [3.63, 3.8) is 0 Å². The van der Waals surface area contributed by atoms with E-state index in [9.17, 15) is 4.79 Å². The number of carbonyl (C=O) groups excluding carboxylic acids is 1. The van der Waals surface area contributed by atoms with E-state index in [1.54, 1.807) is 0 Å². The van der Waals surface area contributed by atoms with Crippen LogP contribution in [-0.2, 0) is 4.74 Å². The molecule has 0 spiro atoms. The Labute approximate surface area is 151 Å². The zero-order valence-corrected chi connectivity index (χ0v) is 15.8. The molecule has 1 amide bonds. The zero-order valence-electron chi connectivity index (χ0n) is 15.8. The quantitative estimate of drug-likeness (QED) is 0.663. The van der Waals surface area contributed by atoms with Gasteiger partial charge in [0, 0.05) is 0 Å². The third-order valence-electron chi connectivity index (χ3n) is 4.39. The number of amides is 1. The summed E-state index contributed by atoms with van der Waals surface area (Å²) in [5.74, 6) is 0.759. The van der Waals surface area contributed by atoms with E-state index in [0.29, 0.717) is 0 Å². The molecule has 1 atom stereocenters. The van der Waals surface area contributed by atoms with Crippen LogP contribution in [0, 0.1) is 5.92 Å². The number of rotatable bonds is 7. The lowest BCUT2D eigenvalue weighted by Crippen LogP contribution is -2.37. The summed E-state index contributed by atoms with van der Waals surface area (Å²) in [4.78, 5) is 12.2. The number of hydrogen-bond acceptors (Lipinski definition) is 4. The van der Waals surface area contributed by atoms with Crippen molar-refractivity contribution in [1.29, 1.82) is 0 Å². The Morgan fingerprint density at radius 1 is 1.24 bits per heavy atom. The summed E-state index contributed by atoms with van der Waals surface area (Å²) in [6, 6.07) is 10.0. The fraction of sp³-hybridized carbons (Fsp3) is 0.650. The number of hydrogen-bond donors (Lipinski definition) is 3. The second-order valence-electron chi connectivity index (χ2n) is 7.80. The van der Waals surface area contributed by atoms with Crippen LogP contribution in [0.15, 0.2) is 30.3 Å². The van der Waals surface area contributed by atoms with Crippen molar-refractivity contribution in [1.82, 2.24) is 16.0 Å². The number of carbonyl (C=O) groups is 1. The molecule has 5 nitrogen and oxygen atoms in total. The van der Waals surface area contributed by atoms with Crippen molar-refractivity contribution in [2.45, 2.75) is 51.7 Å². The average Bonchev–Trinajstić information content (AvgIpc) is 2.58. The minimum Gasteiger partial charge on any atom is -0.444 e. The lowest BCUT2D eigenvalue weighted by molar-refractivity contribution is 0.0501. The van der Waals surface area contributed by atoms with Gasteiger partial charge in [-0.25, -0.2) is 4.79 Å². The van der Waals surface area contributed by atoms with Crippen LogP contribution >= 0.6 is 0 Å². The molecular formula is C20H33N3O2. The van der Waals surface area contributed by atoms with Gasteiger partial charge in [-0.3, -0.25) is 0 Å². The molecule has 25 heavy (non-hydrogen) atoms. The predicted molar refractivity (Wildman–Crippen MR) is 102 cm³/mol. The first-order valence-corrected chi connectivity index (χ1v) is 9.40. The van der Waals surface area contributed by atoms with Crippen LogP contribution in [0.25, 0.3) is 0 Å². The number of ether oxygens (including phenoxy) is 1. The molecule has 0 bridgehead atoms. The third kappa shape index (κ3) is 7.88. The normalized spacial score (nSPS) is 17.1. The molecule has 1 aliphatic rings. The van der Waals surface area contributed by atoms with Crippen molar-refractivity contribution in [3.8, 4) is 0 Å². The molecule has 1 heterocycles. The lowest BCUT2D eigenvalue weighted by Gasteiger charge is -2.25. The highest BCUT2D eigenvalue weighted by atomic mass is 16.6. The first-order valence-electron chi connectivity index (χ1n) is 9.40. The maximum atomic E-state index is 12.2. The minimum absolute atomic E-state index is 0.0448. The number of nitrogens with one attached hydrogen (secondary N) is 3. The summed E-state index contributed by atoms with van der Waals surface area (Å²) < 4.78 is 5.41. The molecule has 1 saturated heterocycles. The molecule has 1 fully saturated rings. The Bertz CT molecular complexity index is 507. The molecule has 1 aliphatic heterocycles. The number of piperidine rings is 1. The summed E-state index contributed by atoms with van der Waals surface area (Å²) in [7, 11) is 0. The van der Waals surface area contributed by atoms with Crippen LogP contribution in [0.4, 0.5) is 4.79 Å². The molecule has 0 radical (unpaired) electrons. The van der Waals surface area contributed by atoms with E-state index in [0.717, 1.165) is 44.1 Å². The molecule has 2 rings (SSSR count). The van der Waals surface area contributed by atoms with Crippen molar-refractivity contribution in [2.75, 3.05) is 26.2 Å². The van der Waals surface area contributed by atoms with Gasteiger partial charge in [0.1, 0.15) is 5.60 Å². The molecule has 1 aromatic carbocycles. The summed E-state index contributed by atoms with van der Waals surface area (Å²) in [5.41, 5.74) is 0.621. The monoisotopic (exact) mass is 347 g/mol. The van der Waals surface area contributed by atoms with Crippen molar-refractivity contribution in [2.24, 2.45) is 5.92 Å². The topological polar surface area (TPSA) is 62.4 Å². The summed E-state index contributed by atoms with van der Waals surface area (Å²) >= 11 is 0. The molecular weight excluding hydrogens is 314 g/mol. The third-order valence-corrected chi connectivity index (χ3v) is 4.39. The van der Waals surface area contributed by atoms with Gasteiger partial charge in [-0.05, 0) is 77.7 Å². The molecule has 1 aromatic rings. The van der Waals surface area contributed by atoms with E-state index in [2.05, 4.69) is 28.1 Å². The highest BCUT2D eigenvalue weighted by Gasteiger charge is 2.20. The van der Waals surface area contributed by atoms with Crippen LogP contribution in [0.3, 0.4) is 0 Å². The van der Waals surface area contributed by atoms with Crippen LogP contribution < -0.4 is 16.0 Å². The van der Waals surface area contributed by atoms with Gasteiger partial charge >= 0.3 is 6.09 Å². The average molecular weight is 348 g/mol. The Balaban J connectivity index is 1.83. The van der Waals surface area contributed by atoms with Gasteiger partial charge in [0.05, 0.1) is 6.04 Å². The first-order chi connectivity index (χ1) is 11.9. The van der Waals surface area contributed by atoms with Crippen molar-refractivity contribution in [3.05, 3.63) is 35.9 Å². The molecule has 0 saturated carbocycles. The van der Waals surface area contributed by atoms with Crippen LogP contribution in [-0.4, -0.2) is 37.9 Å². The van der Waals surface area contributed by atoms with Gasteiger partial charge < -0.3 is 20.7 Å². The standard InChI is InChI=1S/C20H33N3O2/c1-20(2,3)25-19(24)23-18(17-7-5-4-6-8-17)11-14-22-15-16-9-12-21-13-10-16/h4-8,16,18,21-22H,9-15H2,1-3H3,(H,23,24). The van der Waals surface area contributed by atoms with Gasteiger partial charge in [-0.1, -0.05) is 30.3 Å². The van der Waals surface area contributed by atoms with E-state index in [1.165, 1.54) is 12.8 Å². The SMILES string of the molecule is CC(C)(C)OC(=O)NC(CCNCC1CCNCC1)c1ccccc1. The summed E-state index contributed by atoms with van der Waals surface area (Å²) in [5, 5.41) is 9.97. The molecule has 1 unspecified atom stereocenters. The van der Waals surface area contributed by atoms with Gasteiger partial charge in [-0.2, -0.15) is 0 Å². The van der Waals surface area contributed by atoms with Crippen molar-refractivity contribution >= 4 is 6.09 Å². The molecule has 0 aliphatic carbocycles.